The normalized spacial score (nSPS) is 17.9. The number of halogens is 1. The molecule has 0 bridgehead atoms. The number of carbonyl (C=O) groups excluding carboxylic acids is 1. The van der Waals surface area contributed by atoms with E-state index in [1.165, 1.54) is 6.07 Å². The Morgan fingerprint density at radius 2 is 2.00 bits per heavy atom. The van der Waals surface area contributed by atoms with Gasteiger partial charge in [-0.25, -0.2) is 4.39 Å². The SMILES string of the molecule is COc1ccc(NC(=O)C2CCCN(Cc3ccccc3F)C2)cc1. The fraction of sp³-hybridized carbons (Fsp3) is 0.350. The molecule has 5 heteroatoms. The molecule has 4 nitrogen and oxygen atoms in total. The summed E-state index contributed by atoms with van der Waals surface area (Å²) in [6.45, 7) is 2.08. The van der Waals surface area contributed by atoms with E-state index in [0.717, 1.165) is 30.8 Å². The molecule has 1 atom stereocenters. The topological polar surface area (TPSA) is 41.6 Å². The Morgan fingerprint density at radius 1 is 1.24 bits per heavy atom. The lowest BCUT2D eigenvalue weighted by Gasteiger charge is -2.32. The molecule has 132 valence electrons. The number of nitrogens with one attached hydrogen (secondary N) is 1. The first-order valence-corrected chi connectivity index (χ1v) is 8.56. The van der Waals surface area contributed by atoms with Gasteiger partial charge in [-0.05, 0) is 49.7 Å². The van der Waals surface area contributed by atoms with Crippen LogP contribution in [-0.2, 0) is 11.3 Å². The number of likely N-dealkylation sites (tertiary alicyclic amines) is 1. The third-order valence-corrected chi connectivity index (χ3v) is 4.59. The van der Waals surface area contributed by atoms with Crippen LogP contribution >= 0.6 is 0 Å². The standard InChI is InChI=1S/C20H23FN2O2/c1-25-18-10-8-17(9-11-18)22-20(24)16-6-4-12-23(14-16)13-15-5-2-3-7-19(15)21/h2-3,5,7-11,16H,4,6,12-14H2,1H3,(H,22,24). The monoisotopic (exact) mass is 342 g/mol. The van der Waals surface area contributed by atoms with Crippen molar-refractivity contribution in [2.75, 3.05) is 25.5 Å². The number of benzene rings is 2. The van der Waals surface area contributed by atoms with E-state index < -0.39 is 0 Å². The Hall–Kier alpha value is -2.40. The summed E-state index contributed by atoms with van der Waals surface area (Å²) in [4.78, 5) is 14.7. The highest BCUT2D eigenvalue weighted by molar-refractivity contribution is 5.92. The van der Waals surface area contributed by atoms with Crippen molar-refractivity contribution in [2.24, 2.45) is 5.92 Å². The summed E-state index contributed by atoms with van der Waals surface area (Å²) < 4.78 is 19.0. The first-order valence-electron chi connectivity index (χ1n) is 8.56. The molecule has 1 unspecified atom stereocenters. The summed E-state index contributed by atoms with van der Waals surface area (Å²) in [7, 11) is 1.61. The molecule has 1 fully saturated rings. The molecule has 25 heavy (non-hydrogen) atoms. The molecule has 2 aromatic carbocycles. The van der Waals surface area contributed by atoms with Crippen LogP contribution in [0.5, 0.6) is 5.75 Å². The maximum absolute atomic E-state index is 13.8. The molecule has 1 saturated heterocycles. The molecule has 1 heterocycles. The van der Waals surface area contributed by atoms with Crippen molar-refractivity contribution in [1.29, 1.82) is 0 Å². The molecule has 0 aliphatic carbocycles. The second kappa shape index (κ2) is 8.12. The quantitative estimate of drug-likeness (QED) is 0.901. The fourth-order valence-electron chi connectivity index (χ4n) is 3.20. The maximum Gasteiger partial charge on any atom is 0.228 e. The van der Waals surface area contributed by atoms with Gasteiger partial charge in [-0.1, -0.05) is 18.2 Å². The number of hydrogen-bond donors (Lipinski definition) is 1. The van der Waals surface area contributed by atoms with Crippen molar-refractivity contribution >= 4 is 11.6 Å². The number of anilines is 1. The van der Waals surface area contributed by atoms with Crippen LogP contribution in [0, 0.1) is 11.7 Å². The van der Waals surface area contributed by atoms with Gasteiger partial charge in [0.2, 0.25) is 5.91 Å². The van der Waals surface area contributed by atoms with Crippen LogP contribution in [-0.4, -0.2) is 31.0 Å². The maximum atomic E-state index is 13.8. The van der Waals surface area contributed by atoms with Crippen molar-refractivity contribution in [3.8, 4) is 5.75 Å². The summed E-state index contributed by atoms with van der Waals surface area (Å²) >= 11 is 0. The smallest absolute Gasteiger partial charge is 0.228 e. The van der Waals surface area contributed by atoms with Gasteiger partial charge >= 0.3 is 0 Å². The van der Waals surface area contributed by atoms with E-state index in [4.69, 9.17) is 4.74 Å². The zero-order chi connectivity index (χ0) is 17.6. The van der Waals surface area contributed by atoms with Gasteiger partial charge in [0, 0.05) is 24.3 Å². The molecule has 1 N–H and O–H groups in total. The van der Waals surface area contributed by atoms with Crippen LogP contribution in [0.15, 0.2) is 48.5 Å². The van der Waals surface area contributed by atoms with Gasteiger partial charge in [0.05, 0.1) is 13.0 Å². The number of ether oxygens (including phenoxy) is 1. The highest BCUT2D eigenvalue weighted by Gasteiger charge is 2.26. The van der Waals surface area contributed by atoms with Gasteiger partial charge in [-0.2, -0.15) is 0 Å². The van der Waals surface area contributed by atoms with Crippen LogP contribution in [0.25, 0.3) is 0 Å². The van der Waals surface area contributed by atoms with Crippen LogP contribution < -0.4 is 10.1 Å². The fourth-order valence-corrected chi connectivity index (χ4v) is 3.20. The molecular formula is C20H23FN2O2. The molecular weight excluding hydrogens is 319 g/mol. The zero-order valence-corrected chi connectivity index (χ0v) is 14.4. The summed E-state index contributed by atoms with van der Waals surface area (Å²) in [6, 6.07) is 14.1. The number of methoxy groups -OCH3 is 1. The van der Waals surface area contributed by atoms with E-state index in [2.05, 4.69) is 10.2 Å². The van der Waals surface area contributed by atoms with Gasteiger partial charge in [0.25, 0.3) is 0 Å². The van der Waals surface area contributed by atoms with Gasteiger partial charge in [0.15, 0.2) is 0 Å². The Kier molecular flexibility index (Phi) is 5.66. The van der Waals surface area contributed by atoms with Crippen LogP contribution in [0.3, 0.4) is 0 Å². The third-order valence-electron chi connectivity index (χ3n) is 4.59. The summed E-state index contributed by atoms with van der Waals surface area (Å²) in [5.74, 6) is 0.505. The Balaban J connectivity index is 1.58. The Morgan fingerprint density at radius 3 is 2.72 bits per heavy atom. The van der Waals surface area contributed by atoms with Crippen LogP contribution in [0.1, 0.15) is 18.4 Å². The van der Waals surface area contributed by atoms with Gasteiger partial charge < -0.3 is 10.1 Å². The molecule has 0 radical (unpaired) electrons. The van der Waals surface area contributed by atoms with E-state index in [1.54, 1.807) is 19.2 Å². The zero-order valence-electron chi connectivity index (χ0n) is 14.4. The molecule has 1 amide bonds. The van der Waals surface area contributed by atoms with Crippen LogP contribution in [0.4, 0.5) is 10.1 Å². The number of amides is 1. The number of rotatable bonds is 5. The van der Waals surface area contributed by atoms with Crippen molar-refractivity contribution in [2.45, 2.75) is 19.4 Å². The van der Waals surface area contributed by atoms with Crippen molar-refractivity contribution in [3.05, 3.63) is 59.9 Å². The summed E-state index contributed by atoms with van der Waals surface area (Å²) in [6.07, 6.45) is 1.80. The molecule has 0 aromatic heterocycles. The lowest BCUT2D eigenvalue weighted by atomic mass is 9.96. The Labute approximate surface area is 147 Å². The molecule has 1 aliphatic rings. The largest absolute Gasteiger partial charge is 0.497 e. The molecule has 0 spiro atoms. The molecule has 0 saturated carbocycles. The minimum Gasteiger partial charge on any atom is -0.497 e. The second-order valence-electron chi connectivity index (χ2n) is 6.38. The Bertz CT molecular complexity index is 718. The third kappa shape index (κ3) is 4.57. The van der Waals surface area contributed by atoms with E-state index in [0.29, 0.717) is 18.7 Å². The minimum atomic E-state index is -0.188. The van der Waals surface area contributed by atoms with E-state index in [9.17, 15) is 9.18 Å². The highest BCUT2D eigenvalue weighted by Crippen LogP contribution is 2.22. The predicted octanol–water partition coefficient (Wildman–Crippen LogP) is 3.69. The lowest BCUT2D eigenvalue weighted by molar-refractivity contribution is -0.121. The molecule has 1 aliphatic heterocycles. The molecule has 3 rings (SSSR count). The second-order valence-corrected chi connectivity index (χ2v) is 6.38. The summed E-state index contributed by atoms with van der Waals surface area (Å²) in [5, 5.41) is 2.96. The van der Waals surface area contributed by atoms with Crippen molar-refractivity contribution in [3.63, 3.8) is 0 Å². The first kappa shape index (κ1) is 17.4. The van der Waals surface area contributed by atoms with Crippen molar-refractivity contribution < 1.29 is 13.9 Å². The van der Waals surface area contributed by atoms with E-state index >= 15 is 0 Å². The van der Waals surface area contributed by atoms with Gasteiger partial charge in [0.1, 0.15) is 11.6 Å². The first-order chi connectivity index (χ1) is 12.2. The van der Waals surface area contributed by atoms with Crippen LogP contribution in [0.2, 0.25) is 0 Å². The number of nitrogens with zero attached hydrogens (tertiary/aromatic N) is 1. The number of piperidine rings is 1. The number of hydrogen-bond acceptors (Lipinski definition) is 3. The predicted molar refractivity (Wildman–Crippen MR) is 96.0 cm³/mol. The van der Waals surface area contributed by atoms with E-state index in [-0.39, 0.29) is 17.6 Å². The van der Waals surface area contributed by atoms with Crippen molar-refractivity contribution in [1.82, 2.24) is 4.90 Å². The average Bonchev–Trinajstić information content (AvgIpc) is 2.64. The minimum absolute atomic E-state index is 0.0170. The van der Waals surface area contributed by atoms with Gasteiger partial charge in [-0.3, -0.25) is 9.69 Å². The lowest BCUT2D eigenvalue weighted by Crippen LogP contribution is -2.40. The van der Waals surface area contributed by atoms with E-state index in [1.807, 2.05) is 30.3 Å². The number of carbonyl (C=O) groups is 1. The van der Waals surface area contributed by atoms with Gasteiger partial charge in [-0.15, -0.1) is 0 Å². The molecule has 2 aromatic rings. The average molecular weight is 342 g/mol. The summed E-state index contributed by atoms with van der Waals surface area (Å²) in [5.41, 5.74) is 1.44. The highest BCUT2D eigenvalue weighted by atomic mass is 19.1.